The highest BCUT2D eigenvalue weighted by molar-refractivity contribution is 5.89. The number of hydrogen-bond acceptors (Lipinski definition) is 5. The number of hydrogen-bond donors (Lipinski definition) is 3. The van der Waals surface area contributed by atoms with Crippen molar-refractivity contribution in [1.82, 2.24) is 20.2 Å². The maximum atomic E-state index is 12.9. The monoisotopic (exact) mass is 439 g/mol. The standard InChI is InChI=1S/C25H37N5O2/c26-23(17-22-18-27-19-29-22)24(31)16-21(15-20-9-3-1-4-10-20)25(32)28-11-5-2-6-12-30-13-7-8-14-30/h1,3-4,9-10,18-19,21,23H,2,5-8,11-17,26H2,(H,27,29)(H,28,32)/t21-,23+/m1/s1. The van der Waals surface area contributed by atoms with E-state index in [1.54, 1.807) is 12.5 Å². The molecule has 0 radical (unpaired) electrons. The number of Topliss-reactive ketones (excluding diaryl/α,β-unsaturated/α-hetero) is 1. The first-order valence-corrected chi connectivity index (χ1v) is 11.9. The number of rotatable bonds is 14. The third kappa shape index (κ3) is 8.20. The number of aromatic amines is 1. The molecule has 3 rings (SSSR count). The molecule has 7 nitrogen and oxygen atoms in total. The Balaban J connectivity index is 1.46. The maximum Gasteiger partial charge on any atom is 0.223 e. The molecule has 1 aromatic carbocycles. The van der Waals surface area contributed by atoms with Crippen molar-refractivity contribution >= 4 is 11.7 Å². The highest BCUT2D eigenvalue weighted by Crippen LogP contribution is 2.15. The van der Waals surface area contributed by atoms with Crippen LogP contribution in [0.1, 0.15) is 49.8 Å². The molecule has 174 valence electrons. The summed E-state index contributed by atoms with van der Waals surface area (Å²) in [5.74, 6) is -0.570. The molecule has 0 spiro atoms. The molecule has 0 aliphatic carbocycles. The molecule has 1 saturated heterocycles. The fraction of sp³-hybridized carbons (Fsp3) is 0.560. The Morgan fingerprint density at radius 3 is 2.59 bits per heavy atom. The Bertz CT molecular complexity index is 803. The van der Waals surface area contributed by atoms with Gasteiger partial charge < -0.3 is 20.9 Å². The van der Waals surface area contributed by atoms with E-state index in [-0.39, 0.29) is 18.1 Å². The quantitative estimate of drug-likeness (QED) is 0.392. The number of likely N-dealkylation sites (tertiary alicyclic amines) is 1. The van der Waals surface area contributed by atoms with E-state index in [9.17, 15) is 9.59 Å². The van der Waals surface area contributed by atoms with Crippen molar-refractivity contribution in [1.29, 1.82) is 0 Å². The van der Waals surface area contributed by atoms with Crippen molar-refractivity contribution in [3.8, 4) is 0 Å². The number of nitrogens with zero attached hydrogens (tertiary/aromatic N) is 2. The van der Waals surface area contributed by atoms with Crippen LogP contribution in [0.15, 0.2) is 42.9 Å². The first kappa shape index (κ1) is 24.1. The van der Waals surface area contributed by atoms with E-state index in [2.05, 4.69) is 20.2 Å². The normalized spacial score (nSPS) is 16.0. The third-order valence-electron chi connectivity index (χ3n) is 6.20. The summed E-state index contributed by atoms with van der Waals surface area (Å²) in [6, 6.07) is 9.20. The summed E-state index contributed by atoms with van der Waals surface area (Å²) in [5, 5.41) is 3.06. The number of H-pyrrole nitrogens is 1. The number of benzene rings is 1. The van der Waals surface area contributed by atoms with Gasteiger partial charge in [-0.3, -0.25) is 9.59 Å². The summed E-state index contributed by atoms with van der Waals surface area (Å²) in [5.41, 5.74) is 8.00. The predicted molar refractivity (Wildman–Crippen MR) is 126 cm³/mol. The second-order valence-corrected chi connectivity index (χ2v) is 8.84. The van der Waals surface area contributed by atoms with Crippen LogP contribution in [0.5, 0.6) is 0 Å². The minimum absolute atomic E-state index is 0.0597. The molecule has 1 amide bonds. The molecule has 1 aliphatic rings. The van der Waals surface area contributed by atoms with E-state index in [0.717, 1.165) is 30.6 Å². The van der Waals surface area contributed by atoms with Crippen molar-refractivity contribution in [3.63, 3.8) is 0 Å². The molecule has 32 heavy (non-hydrogen) atoms. The SMILES string of the molecule is N[C@@H](Cc1cnc[nH]1)C(=O)C[C@@H](Cc1ccccc1)C(=O)NCCCCCN1CCCC1. The molecule has 1 fully saturated rings. The zero-order valence-corrected chi connectivity index (χ0v) is 19.0. The first-order valence-electron chi connectivity index (χ1n) is 11.9. The number of carbonyl (C=O) groups excluding carboxylic acids is 2. The maximum absolute atomic E-state index is 12.9. The third-order valence-corrected chi connectivity index (χ3v) is 6.20. The van der Waals surface area contributed by atoms with Crippen LogP contribution < -0.4 is 11.1 Å². The van der Waals surface area contributed by atoms with Gasteiger partial charge in [-0.05, 0) is 57.3 Å². The summed E-state index contributed by atoms with van der Waals surface area (Å²) in [7, 11) is 0. The Labute approximate surface area is 191 Å². The van der Waals surface area contributed by atoms with Gasteiger partial charge in [0.2, 0.25) is 5.91 Å². The van der Waals surface area contributed by atoms with Gasteiger partial charge in [-0.25, -0.2) is 4.98 Å². The van der Waals surface area contributed by atoms with Crippen molar-refractivity contribution in [2.24, 2.45) is 11.7 Å². The molecule has 4 N–H and O–H groups in total. The number of nitrogens with two attached hydrogens (primary N) is 1. The van der Waals surface area contributed by atoms with Crippen molar-refractivity contribution in [3.05, 3.63) is 54.1 Å². The van der Waals surface area contributed by atoms with Gasteiger partial charge in [0.25, 0.3) is 0 Å². The second-order valence-electron chi connectivity index (χ2n) is 8.84. The Morgan fingerprint density at radius 1 is 1.09 bits per heavy atom. The lowest BCUT2D eigenvalue weighted by molar-refractivity contribution is -0.129. The van der Waals surface area contributed by atoms with Crippen molar-refractivity contribution in [2.75, 3.05) is 26.2 Å². The van der Waals surface area contributed by atoms with E-state index >= 15 is 0 Å². The second kappa shape index (κ2) is 13.1. The number of amides is 1. The Kier molecular flexibility index (Phi) is 9.91. The van der Waals surface area contributed by atoms with E-state index in [1.807, 2.05) is 30.3 Å². The molecule has 1 aromatic heterocycles. The number of ketones is 1. The van der Waals surface area contributed by atoms with Crippen molar-refractivity contribution in [2.45, 2.75) is 57.4 Å². The molecule has 7 heteroatoms. The smallest absolute Gasteiger partial charge is 0.223 e. The topological polar surface area (TPSA) is 104 Å². The van der Waals surface area contributed by atoms with Gasteiger partial charge in [0.15, 0.2) is 5.78 Å². The zero-order valence-electron chi connectivity index (χ0n) is 19.0. The van der Waals surface area contributed by atoms with Gasteiger partial charge in [0, 0.05) is 37.2 Å². The predicted octanol–water partition coefficient (Wildman–Crippen LogP) is 2.48. The van der Waals surface area contributed by atoms with Gasteiger partial charge in [0.1, 0.15) is 0 Å². The fourth-order valence-electron chi connectivity index (χ4n) is 4.30. The fourth-order valence-corrected chi connectivity index (χ4v) is 4.30. The van der Waals surface area contributed by atoms with Crippen LogP contribution in [-0.4, -0.2) is 58.8 Å². The summed E-state index contributed by atoms with van der Waals surface area (Å²) in [6.45, 7) is 4.27. The average molecular weight is 440 g/mol. The summed E-state index contributed by atoms with van der Waals surface area (Å²) in [4.78, 5) is 35.2. The molecule has 2 heterocycles. The Hall–Kier alpha value is -2.51. The molecule has 1 aliphatic heterocycles. The number of aromatic nitrogens is 2. The van der Waals surface area contributed by atoms with Crippen LogP contribution in [-0.2, 0) is 22.4 Å². The number of nitrogens with one attached hydrogen (secondary N) is 2. The summed E-state index contributed by atoms with van der Waals surface area (Å²) < 4.78 is 0. The molecule has 0 saturated carbocycles. The lowest BCUT2D eigenvalue weighted by atomic mass is 9.90. The lowest BCUT2D eigenvalue weighted by Crippen LogP contribution is -2.39. The molecule has 2 aromatic rings. The van der Waals surface area contributed by atoms with Crippen LogP contribution in [0.4, 0.5) is 0 Å². The van der Waals surface area contributed by atoms with Crippen LogP contribution >= 0.6 is 0 Å². The van der Waals surface area contributed by atoms with Gasteiger partial charge in [-0.15, -0.1) is 0 Å². The number of carbonyl (C=O) groups is 2. The summed E-state index contributed by atoms with van der Waals surface area (Å²) >= 11 is 0. The zero-order chi connectivity index (χ0) is 22.6. The van der Waals surface area contributed by atoms with Crippen molar-refractivity contribution < 1.29 is 9.59 Å². The molecule has 2 atom stereocenters. The molecular formula is C25H37N5O2. The van der Waals surface area contributed by atoms with E-state index in [0.29, 0.717) is 19.4 Å². The molecular weight excluding hydrogens is 402 g/mol. The molecule has 0 unspecified atom stereocenters. The van der Waals surface area contributed by atoms with E-state index in [4.69, 9.17) is 5.73 Å². The van der Waals surface area contributed by atoms with Gasteiger partial charge in [-0.2, -0.15) is 0 Å². The number of imidazole rings is 1. The summed E-state index contributed by atoms with van der Waals surface area (Å²) in [6.07, 6.45) is 10.2. The molecule has 0 bridgehead atoms. The highest BCUT2D eigenvalue weighted by atomic mass is 16.2. The highest BCUT2D eigenvalue weighted by Gasteiger charge is 2.25. The van der Waals surface area contributed by atoms with Crippen LogP contribution in [0.3, 0.4) is 0 Å². The first-order chi connectivity index (χ1) is 15.6. The van der Waals surface area contributed by atoms with Gasteiger partial charge >= 0.3 is 0 Å². The van der Waals surface area contributed by atoms with Crippen LogP contribution in [0.2, 0.25) is 0 Å². The van der Waals surface area contributed by atoms with Gasteiger partial charge in [0.05, 0.1) is 12.4 Å². The minimum atomic E-state index is -0.646. The van der Waals surface area contributed by atoms with Crippen LogP contribution in [0.25, 0.3) is 0 Å². The van der Waals surface area contributed by atoms with Gasteiger partial charge in [-0.1, -0.05) is 36.8 Å². The number of unbranched alkanes of at least 4 members (excludes halogenated alkanes) is 2. The average Bonchev–Trinajstić information content (AvgIpc) is 3.50. The largest absolute Gasteiger partial charge is 0.356 e. The van der Waals surface area contributed by atoms with E-state index in [1.165, 1.54) is 32.4 Å². The Morgan fingerprint density at radius 2 is 1.88 bits per heavy atom. The minimum Gasteiger partial charge on any atom is -0.356 e. The van der Waals surface area contributed by atoms with Crippen LogP contribution in [0, 0.1) is 5.92 Å². The van der Waals surface area contributed by atoms with E-state index < -0.39 is 12.0 Å². The lowest BCUT2D eigenvalue weighted by Gasteiger charge is -2.19.